The summed E-state index contributed by atoms with van der Waals surface area (Å²) in [6.07, 6.45) is 1.58. The Balaban J connectivity index is 1.89. The van der Waals surface area contributed by atoms with E-state index in [1.54, 1.807) is 19.3 Å². The number of carbonyl (C=O) groups is 1. The van der Waals surface area contributed by atoms with Crippen molar-refractivity contribution in [2.75, 3.05) is 12.4 Å². The smallest absolute Gasteiger partial charge is 0.387 e. The molecule has 7 heteroatoms. The fourth-order valence-electron chi connectivity index (χ4n) is 1.95. The highest BCUT2D eigenvalue weighted by molar-refractivity contribution is 5.94. The van der Waals surface area contributed by atoms with Crippen molar-refractivity contribution in [1.29, 1.82) is 0 Å². The average molecular weight is 324 g/mol. The van der Waals surface area contributed by atoms with Gasteiger partial charge in [-0.1, -0.05) is 0 Å². The molecule has 0 radical (unpaired) electrons. The van der Waals surface area contributed by atoms with E-state index >= 15 is 0 Å². The Morgan fingerprint density at radius 3 is 2.57 bits per heavy atom. The molecule has 1 atom stereocenters. The zero-order valence-electron chi connectivity index (χ0n) is 12.8. The highest BCUT2D eigenvalue weighted by Gasteiger charge is 2.19. The van der Waals surface area contributed by atoms with Crippen LogP contribution in [0.2, 0.25) is 0 Å². The van der Waals surface area contributed by atoms with Crippen molar-refractivity contribution in [3.8, 4) is 5.75 Å². The van der Waals surface area contributed by atoms with Crippen molar-refractivity contribution in [2.24, 2.45) is 0 Å². The minimum absolute atomic E-state index is 0.0426. The molecule has 0 fully saturated rings. The molecule has 0 bridgehead atoms. The third-order valence-corrected chi connectivity index (χ3v) is 3.37. The molecule has 0 spiro atoms. The van der Waals surface area contributed by atoms with Gasteiger partial charge in [0.2, 0.25) is 5.91 Å². The van der Waals surface area contributed by atoms with Gasteiger partial charge in [-0.05, 0) is 50.4 Å². The minimum atomic E-state index is -2.87. The first-order valence-corrected chi connectivity index (χ1v) is 7.04. The van der Waals surface area contributed by atoms with Crippen molar-refractivity contribution < 1.29 is 22.7 Å². The van der Waals surface area contributed by atoms with Crippen LogP contribution >= 0.6 is 0 Å². The van der Waals surface area contributed by atoms with E-state index in [-0.39, 0.29) is 11.7 Å². The molecule has 5 nitrogen and oxygen atoms in total. The first-order valence-electron chi connectivity index (χ1n) is 7.04. The number of likely N-dealkylation sites (N-methyl/N-ethyl adjacent to an activating group) is 1. The number of benzene rings is 1. The van der Waals surface area contributed by atoms with Gasteiger partial charge in [-0.2, -0.15) is 8.78 Å². The summed E-state index contributed by atoms with van der Waals surface area (Å²) in [6.45, 7) is -0.597. The number of alkyl halides is 2. The number of hydrogen-bond donors (Lipinski definition) is 1. The first kappa shape index (κ1) is 17.0. The van der Waals surface area contributed by atoms with Gasteiger partial charge in [0, 0.05) is 5.69 Å². The summed E-state index contributed by atoms with van der Waals surface area (Å²) in [4.78, 5) is 14.0. The Hall–Kier alpha value is -2.41. The predicted molar refractivity (Wildman–Crippen MR) is 81.3 cm³/mol. The molecule has 0 saturated carbocycles. The Morgan fingerprint density at radius 2 is 2.00 bits per heavy atom. The molecule has 0 saturated heterocycles. The van der Waals surface area contributed by atoms with Crippen LogP contribution in [-0.2, 0) is 11.3 Å². The van der Waals surface area contributed by atoms with Gasteiger partial charge in [0.25, 0.3) is 0 Å². The van der Waals surface area contributed by atoms with Gasteiger partial charge in [0.1, 0.15) is 11.5 Å². The van der Waals surface area contributed by atoms with Gasteiger partial charge >= 0.3 is 6.61 Å². The van der Waals surface area contributed by atoms with E-state index in [2.05, 4.69) is 10.1 Å². The van der Waals surface area contributed by atoms with E-state index < -0.39 is 12.7 Å². The van der Waals surface area contributed by atoms with Crippen LogP contribution in [0.5, 0.6) is 5.75 Å². The van der Waals surface area contributed by atoms with Crippen LogP contribution in [-0.4, -0.2) is 30.5 Å². The highest BCUT2D eigenvalue weighted by atomic mass is 19.3. The van der Waals surface area contributed by atoms with Gasteiger partial charge in [0.15, 0.2) is 0 Å². The SMILES string of the molecule is C[C@@H](C(=O)Nc1ccc(OC(F)F)cc1)N(C)Cc1ccco1. The summed E-state index contributed by atoms with van der Waals surface area (Å²) in [5, 5.41) is 2.73. The number of carbonyl (C=O) groups excluding carboxylic acids is 1. The summed E-state index contributed by atoms with van der Waals surface area (Å²) in [5.41, 5.74) is 0.509. The topological polar surface area (TPSA) is 54.7 Å². The molecule has 124 valence electrons. The highest BCUT2D eigenvalue weighted by Crippen LogP contribution is 2.18. The number of anilines is 1. The van der Waals surface area contributed by atoms with E-state index in [1.165, 1.54) is 24.3 Å². The number of furan rings is 1. The second-order valence-electron chi connectivity index (χ2n) is 5.06. The lowest BCUT2D eigenvalue weighted by atomic mass is 10.2. The fourth-order valence-corrected chi connectivity index (χ4v) is 1.95. The minimum Gasteiger partial charge on any atom is -0.468 e. The Morgan fingerprint density at radius 1 is 1.30 bits per heavy atom. The van der Waals surface area contributed by atoms with Crippen LogP contribution in [0, 0.1) is 0 Å². The molecule has 0 aliphatic carbocycles. The van der Waals surface area contributed by atoms with Crippen LogP contribution < -0.4 is 10.1 Å². The number of hydrogen-bond acceptors (Lipinski definition) is 4. The second kappa shape index (κ2) is 7.73. The van der Waals surface area contributed by atoms with Crippen LogP contribution in [0.15, 0.2) is 47.1 Å². The van der Waals surface area contributed by atoms with Crippen molar-refractivity contribution in [3.05, 3.63) is 48.4 Å². The van der Waals surface area contributed by atoms with Gasteiger partial charge in [-0.15, -0.1) is 0 Å². The predicted octanol–water partition coefficient (Wildman–Crippen LogP) is 3.34. The molecule has 0 aliphatic rings. The summed E-state index contributed by atoms with van der Waals surface area (Å²) < 4.78 is 33.7. The van der Waals surface area contributed by atoms with E-state index in [0.717, 1.165) is 5.76 Å². The molecule has 2 aromatic rings. The van der Waals surface area contributed by atoms with Gasteiger partial charge in [-0.3, -0.25) is 9.69 Å². The molecule has 0 unspecified atom stereocenters. The van der Waals surface area contributed by atoms with Gasteiger partial charge in [-0.25, -0.2) is 0 Å². The first-order chi connectivity index (χ1) is 11.0. The number of rotatable bonds is 7. The second-order valence-corrected chi connectivity index (χ2v) is 5.06. The lowest BCUT2D eigenvalue weighted by Gasteiger charge is -2.22. The fraction of sp³-hybridized carbons (Fsp3) is 0.312. The molecule has 1 aromatic heterocycles. The third-order valence-electron chi connectivity index (χ3n) is 3.37. The quantitative estimate of drug-likeness (QED) is 0.849. The lowest BCUT2D eigenvalue weighted by molar-refractivity contribution is -0.120. The molecule has 23 heavy (non-hydrogen) atoms. The van der Waals surface area contributed by atoms with E-state index in [1.807, 2.05) is 18.0 Å². The van der Waals surface area contributed by atoms with Crippen LogP contribution in [0.4, 0.5) is 14.5 Å². The molecule has 2 rings (SSSR count). The average Bonchev–Trinajstić information content (AvgIpc) is 3.00. The Bertz CT molecular complexity index is 615. The van der Waals surface area contributed by atoms with Crippen molar-refractivity contribution in [3.63, 3.8) is 0 Å². The Kier molecular flexibility index (Phi) is 5.70. The van der Waals surface area contributed by atoms with E-state index in [9.17, 15) is 13.6 Å². The van der Waals surface area contributed by atoms with E-state index in [0.29, 0.717) is 12.2 Å². The zero-order chi connectivity index (χ0) is 16.8. The van der Waals surface area contributed by atoms with Gasteiger partial charge in [0.05, 0.1) is 18.8 Å². The molecule has 1 N–H and O–H groups in total. The molecule has 1 amide bonds. The number of ether oxygens (including phenoxy) is 1. The van der Waals surface area contributed by atoms with Crippen LogP contribution in [0.3, 0.4) is 0 Å². The molecule has 1 heterocycles. The largest absolute Gasteiger partial charge is 0.468 e. The maximum Gasteiger partial charge on any atom is 0.387 e. The normalized spacial score (nSPS) is 12.4. The molecule has 0 aliphatic heterocycles. The summed E-state index contributed by atoms with van der Waals surface area (Å²) in [6, 6.07) is 9.00. The Labute approximate surface area is 132 Å². The third kappa shape index (κ3) is 5.07. The monoisotopic (exact) mass is 324 g/mol. The van der Waals surface area contributed by atoms with Crippen molar-refractivity contribution in [2.45, 2.75) is 26.1 Å². The van der Waals surface area contributed by atoms with Crippen LogP contribution in [0.1, 0.15) is 12.7 Å². The maximum absolute atomic E-state index is 12.2. The molecular formula is C16H18F2N2O3. The number of amides is 1. The summed E-state index contributed by atoms with van der Waals surface area (Å²) in [7, 11) is 1.81. The number of nitrogens with zero attached hydrogens (tertiary/aromatic N) is 1. The number of halogens is 2. The van der Waals surface area contributed by atoms with Crippen LogP contribution in [0.25, 0.3) is 0 Å². The molecule has 1 aromatic carbocycles. The number of nitrogens with one attached hydrogen (secondary N) is 1. The van der Waals surface area contributed by atoms with Gasteiger partial charge < -0.3 is 14.5 Å². The van der Waals surface area contributed by atoms with E-state index in [4.69, 9.17) is 4.42 Å². The zero-order valence-corrected chi connectivity index (χ0v) is 12.8. The van der Waals surface area contributed by atoms with Crippen molar-refractivity contribution >= 4 is 11.6 Å². The van der Waals surface area contributed by atoms with Crippen molar-refractivity contribution in [1.82, 2.24) is 4.90 Å². The standard InChI is InChI=1S/C16H18F2N2O3/c1-11(20(2)10-14-4-3-9-22-14)15(21)19-12-5-7-13(8-6-12)23-16(17)18/h3-9,11,16H,10H2,1-2H3,(H,19,21)/t11-/m0/s1. The molecular weight excluding hydrogens is 306 g/mol. The summed E-state index contributed by atoms with van der Waals surface area (Å²) >= 11 is 0. The lowest BCUT2D eigenvalue weighted by Crippen LogP contribution is -2.39. The summed E-state index contributed by atoms with van der Waals surface area (Å²) in [5.74, 6) is 0.600. The maximum atomic E-state index is 12.2.